The number of hydrogen-bond acceptors (Lipinski definition) is 3. The van der Waals surface area contributed by atoms with Crippen LogP contribution >= 0.6 is 34.2 Å². The molecule has 0 N–H and O–H groups in total. The van der Waals surface area contributed by atoms with Gasteiger partial charge in [-0.2, -0.15) is 5.10 Å². The summed E-state index contributed by atoms with van der Waals surface area (Å²) in [5.41, 5.74) is 0.754. The molecule has 2 aromatic rings. The summed E-state index contributed by atoms with van der Waals surface area (Å²) in [7, 11) is 0. The lowest BCUT2D eigenvalue weighted by atomic mass is 10.3. The molecule has 1 heterocycles. The predicted molar refractivity (Wildman–Crippen MR) is 70.5 cm³/mol. The van der Waals surface area contributed by atoms with E-state index in [1.165, 1.54) is 0 Å². The Hall–Kier alpha value is -0.880. The van der Waals surface area contributed by atoms with Crippen molar-refractivity contribution in [3.63, 3.8) is 0 Å². The van der Waals surface area contributed by atoms with E-state index in [9.17, 15) is 0 Å². The van der Waals surface area contributed by atoms with Gasteiger partial charge in [0.1, 0.15) is 18.1 Å². The van der Waals surface area contributed by atoms with E-state index in [1.807, 2.05) is 24.3 Å². The highest BCUT2D eigenvalue weighted by Gasteiger charge is 2.01. The van der Waals surface area contributed by atoms with Crippen molar-refractivity contribution in [2.24, 2.45) is 0 Å². The van der Waals surface area contributed by atoms with Gasteiger partial charge in [0.05, 0.1) is 3.57 Å². The molecule has 0 aliphatic rings. The van der Waals surface area contributed by atoms with E-state index in [0.29, 0.717) is 11.8 Å². The Balaban J connectivity index is 2.02. The second-order valence-electron chi connectivity index (χ2n) is 3.07. The summed E-state index contributed by atoms with van der Waals surface area (Å²) in [5.74, 6) is 0.847. The SMILES string of the molecule is Clc1ccc(COc2ccccc2I)nn1. The van der Waals surface area contributed by atoms with Gasteiger partial charge < -0.3 is 4.74 Å². The largest absolute Gasteiger partial charge is 0.486 e. The molecule has 2 rings (SSSR count). The van der Waals surface area contributed by atoms with Crippen LogP contribution in [0.2, 0.25) is 5.15 Å². The molecule has 16 heavy (non-hydrogen) atoms. The molecule has 0 aliphatic heterocycles. The van der Waals surface area contributed by atoms with Crippen molar-refractivity contribution in [3.8, 4) is 5.75 Å². The number of para-hydroxylation sites is 1. The molecule has 0 spiro atoms. The van der Waals surface area contributed by atoms with Gasteiger partial charge in [0.15, 0.2) is 5.15 Å². The fraction of sp³-hybridized carbons (Fsp3) is 0.0909. The Bertz CT molecular complexity index is 476. The first-order valence-corrected chi connectivity index (χ1v) is 6.07. The minimum atomic E-state index is 0.387. The average Bonchev–Trinajstić information content (AvgIpc) is 2.30. The maximum absolute atomic E-state index is 5.64. The third-order valence-electron chi connectivity index (χ3n) is 1.90. The van der Waals surface area contributed by atoms with E-state index in [1.54, 1.807) is 12.1 Å². The van der Waals surface area contributed by atoms with Crippen molar-refractivity contribution >= 4 is 34.2 Å². The van der Waals surface area contributed by atoms with E-state index in [4.69, 9.17) is 16.3 Å². The van der Waals surface area contributed by atoms with Crippen LogP contribution in [0.25, 0.3) is 0 Å². The lowest BCUT2D eigenvalue weighted by Gasteiger charge is -2.06. The summed E-state index contributed by atoms with van der Waals surface area (Å²) in [6.45, 7) is 0.393. The van der Waals surface area contributed by atoms with Crippen LogP contribution in [-0.4, -0.2) is 10.2 Å². The Morgan fingerprint density at radius 2 is 1.94 bits per heavy atom. The lowest BCUT2D eigenvalue weighted by Crippen LogP contribution is -2.00. The maximum atomic E-state index is 5.64. The molecule has 0 aliphatic carbocycles. The molecule has 0 atom stereocenters. The molecular formula is C11H8ClIN2O. The molecular weight excluding hydrogens is 338 g/mol. The predicted octanol–water partition coefficient (Wildman–Crippen LogP) is 3.31. The summed E-state index contributed by atoms with van der Waals surface area (Å²) in [4.78, 5) is 0. The monoisotopic (exact) mass is 346 g/mol. The minimum absolute atomic E-state index is 0.387. The Labute approximate surface area is 112 Å². The number of ether oxygens (including phenoxy) is 1. The molecule has 0 saturated carbocycles. The summed E-state index contributed by atoms with van der Waals surface area (Å²) in [6.07, 6.45) is 0. The average molecular weight is 347 g/mol. The van der Waals surface area contributed by atoms with Crippen molar-refractivity contribution in [1.82, 2.24) is 10.2 Å². The molecule has 1 aromatic heterocycles. The van der Waals surface area contributed by atoms with Gasteiger partial charge in [-0.05, 0) is 46.9 Å². The van der Waals surface area contributed by atoms with E-state index >= 15 is 0 Å². The highest BCUT2D eigenvalue weighted by Crippen LogP contribution is 2.20. The zero-order valence-corrected chi connectivity index (χ0v) is 11.1. The van der Waals surface area contributed by atoms with Crippen LogP contribution in [0.4, 0.5) is 0 Å². The molecule has 0 unspecified atom stereocenters. The van der Waals surface area contributed by atoms with Crippen LogP contribution in [-0.2, 0) is 6.61 Å². The van der Waals surface area contributed by atoms with E-state index in [-0.39, 0.29) is 0 Å². The van der Waals surface area contributed by atoms with Crippen molar-refractivity contribution in [2.45, 2.75) is 6.61 Å². The van der Waals surface area contributed by atoms with Crippen molar-refractivity contribution in [1.29, 1.82) is 0 Å². The normalized spacial score (nSPS) is 10.1. The summed E-state index contributed by atoms with van der Waals surface area (Å²) < 4.78 is 6.68. The van der Waals surface area contributed by atoms with E-state index < -0.39 is 0 Å². The molecule has 0 saturated heterocycles. The van der Waals surface area contributed by atoms with Gasteiger partial charge in [-0.25, -0.2) is 0 Å². The standard InChI is InChI=1S/C11H8ClIN2O/c12-11-6-5-8(14-15-11)7-16-10-4-2-1-3-9(10)13/h1-6H,7H2. The highest BCUT2D eigenvalue weighted by molar-refractivity contribution is 14.1. The van der Waals surface area contributed by atoms with Crippen molar-refractivity contribution < 1.29 is 4.74 Å². The fourth-order valence-corrected chi connectivity index (χ4v) is 1.78. The number of nitrogens with zero attached hydrogens (tertiary/aromatic N) is 2. The van der Waals surface area contributed by atoms with Gasteiger partial charge in [-0.3, -0.25) is 0 Å². The second kappa shape index (κ2) is 5.45. The lowest BCUT2D eigenvalue weighted by molar-refractivity contribution is 0.297. The van der Waals surface area contributed by atoms with Gasteiger partial charge in [0, 0.05) is 0 Å². The molecule has 0 bridgehead atoms. The third kappa shape index (κ3) is 3.05. The van der Waals surface area contributed by atoms with Gasteiger partial charge in [-0.1, -0.05) is 23.7 Å². The number of aromatic nitrogens is 2. The quantitative estimate of drug-likeness (QED) is 0.800. The smallest absolute Gasteiger partial charge is 0.151 e. The summed E-state index contributed by atoms with van der Waals surface area (Å²) in [6, 6.07) is 11.3. The molecule has 0 amide bonds. The first kappa shape index (κ1) is 11.6. The highest BCUT2D eigenvalue weighted by atomic mass is 127. The maximum Gasteiger partial charge on any atom is 0.151 e. The first-order chi connectivity index (χ1) is 7.75. The zero-order chi connectivity index (χ0) is 11.4. The number of hydrogen-bond donors (Lipinski definition) is 0. The number of rotatable bonds is 3. The van der Waals surface area contributed by atoms with Crippen LogP contribution in [0.3, 0.4) is 0 Å². The Kier molecular flexibility index (Phi) is 3.95. The van der Waals surface area contributed by atoms with Gasteiger partial charge in [-0.15, -0.1) is 5.10 Å². The second-order valence-corrected chi connectivity index (χ2v) is 4.62. The first-order valence-electron chi connectivity index (χ1n) is 4.61. The van der Waals surface area contributed by atoms with Crippen LogP contribution in [0, 0.1) is 3.57 Å². The van der Waals surface area contributed by atoms with Gasteiger partial charge >= 0.3 is 0 Å². The van der Waals surface area contributed by atoms with Crippen LogP contribution in [0.1, 0.15) is 5.69 Å². The molecule has 0 radical (unpaired) electrons. The summed E-state index contributed by atoms with van der Waals surface area (Å²) in [5, 5.41) is 8.05. The van der Waals surface area contributed by atoms with Crippen LogP contribution in [0.15, 0.2) is 36.4 Å². The molecule has 5 heteroatoms. The van der Waals surface area contributed by atoms with Crippen molar-refractivity contribution in [3.05, 3.63) is 50.8 Å². The van der Waals surface area contributed by atoms with Gasteiger partial charge in [0.2, 0.25) is 0 Å². The molecule has 82 valence electrons. The van der Waals surface area contributed by atoms with E-state index in [2.05, 4.69) is 32.8 Å². The Morgan fingerprint density at radius 3 is 2.62 bits per heavy atom. The molecule has 3 nitrogen and oxygen atoms in total. The van der Waals surface area contributed by atoms with Crippen molar-refractivity contribution in [2.75, 3.05) is 0 Å². The Morgan fingerprint density at radius 1 is 1.12 bits per heavy atom. The van der Waals surface area contributed by atoms with Crippen LogP contribution < -0.4 is 4.74 Å². The zero-order valence-electron chi connectivity index (χ0n) is 8.23. The minimum Gasteiger partial charge on any atom is -0.486 e. The number of halogens is 2. The fourth-order valence-electron chi connectivity index (χ4n) is 1.13. The third-order valence-corrected chi connectivity index (χ3v) is 2.99. The molecule has 1 aromatic carbocycles. The van der Waals surface area contributed by atoms with E-state index in [0.717, 1.165) is 15.0 Å². The summed E-state index contributed by atoms with van der Waals surface area (Å²) >= 11 is 7.86. The van der Waals surface area contributed by atoms with Gasteiger partial charge in [0.25, 0.3) is 0 Å². The van der Waals surface area contributed by atoms with Crippen LogP contribution in [0.5, 0.6) is 5.75 Å². The number of benzene rings is 1. The molecule has 0 fully saturated rings. The topological polar surface area (TPSA) is 35.0 Å².